The van der Waals surface area contributed by atoms with Crippen LogP contribution in [0.25, 0.3) is 0 Å². The standard InChI is InChI=1S/C27H33BN6O11/c28-19(35)14-43-15-32-21(37)10-30-26(41)17(8-16-4-2-1-3-5-16)33-22(38)11-29-20(36)9-31-27(42)18-13-44-25(45-18)12-34-23(39)6-7-24(34)40/h1-5,17-18,25H,6-15H2,(H,29,36)(H,30,41)(H,31,42)(H,32,37)(H,33,38)/t17-,18?,25?/m0/s1. The predicted octanol–water partition coefficient (Wildman–Crippen LogP) is -4.26. The fraction of sp³-hybridized carbons (Fsp3) is 0.481. The van der Waals surface area contributed by atoms with Gasteiger partial charge >= 0.3 is 0 Å². The molecule has 2 saturated heterocycles. The number of nitrogens with one attached hydrogen (secondary N) is 5. The lowest BCUT2D eigenvalue weighted by Crippen LogP contribution is -2.52. The fourth-order valence-electron chi connectivity index (χ4n) is 4.13. The van der Waals surface area contributed by atoms with E-state index in [0.717, 1.165) is 4.90 Å². The molecule has 240 valence electrons. The van der Waals surface area contributed by atoms with Crippen LogP contribution in [0.5, 0.6) is 0 Å². The summed E-state index contributed by atoms with van der Waals surface area (Å²) in [6.07, 6.45) is -1.74. The van der Waals surface area contributed by atoms with Crippen LogP contribution in [0.4, 0.5) is 0 Å². The summed E-state index contributed by atoms with van der Waals surface area (Å²) in [5.41, 5.74) is 0.00184. The van der Waals surface area contributed by atoms with Crippen LogP contribution in [0.1, 0.15) is 18.4 Å². The van der Waals surface area contributed by atoms with E-state index in [1.165, 1.54) is 0 Å². The second-order valence-corrected chi connectivity index (χ2v) is 9.87. The topological polar surface area (TPSA) is 228 Å². The highest BCUT2D eigenvalue weighted by atomic mass is 16.7. The van der Waals surface area contributed by atoms with Crippen molar-refractivity contribution in [2.24, 2.45) is 0 Å². The van der Waals surface area contributed by atoms with Crippen molar-refractivity contribution < 1.29 is 52.6 Å². The van der Waals surface area contributed by atoms with Crippen molar-refractivity contribution in [1.29, 1.82) is 0 Å². The molecule has 2 aliphatic heterocycles. The molecule has 18 heteroatoms. The van der Waals surface area contributed by atoms with Crippen molar-refractivity contribution in [1.82, 2.24) is 31.5 Å². The Hall–Kier alpha value is -4.68. The highest BCUT2D eigenvalue weighted by Gasteiger charge is 2.37. The lowest BCUT2D eigenvalue weighted by Gasteiger charge is -2.19. The van der Waals surface area contributed by atoms with Gasteiger partial charge in [0.25, 0.3) is 5.91 Å². The zero-order valence-electron chi connectivity index (χ0n) is 24.2. The lowest BCUT2D eigenvalue weighted by molar-refractivity contribution is -0.147. The maximum Gasteiger partial charge on any atom is 0.252 e. The third kappa shape index (κ3) is 12.1. The summed E-state index contributed by atoms with van der Waals surface area (Å²) < 4.78 is 15.6. The lowest BCUT2D eigenvalue weighted by atomic mass is 10.1. The Kier molecular flexibility index (Phi) is 13.6. The van der Waals surface area contributed by atoms with Gasteiger partial charge in [-0.2, -0.15) is 0 Å². The minimum Gasteiger partial charge on any atom is -0.355 e. The second-order valence-electron chi connectivity index (χ2n) is 9.87. The van der Waals surface area contributed by atoms with Gasteiger partial charge in [-0.15, -0.1) is 0 Å². The third-order valence-corrected chi connectivity index (χ3v) is 6.37. The van der Waals surface area contributed by atoms with Crippen LogP contribution in [-0.2, 0) is 59.0 Å². The van der Waals surface area contributed by atoms with E-state index in [9.17, 15) is 38.4 Å². The van der Waals surface area contributed by atoms with E-state index in [1.807, 2.05) is 0 Å². The van der Waals surface area contributed by atoms with Crippen molar-refractivity contribution in [3.05, 3.63) is 35.9 Å². The molecule has 2 fully saturated rings. The first kappa shape index (κ1) is 34.8. The van der Waals surface area contributed by atoms with E-state index in [-0.39, 0.29) is 51.0 Å². The SMILES string of the molecule is [B]C(=O)COCNC(=O)CNC(=O)[C@H](Cc1ccccc1)NC(=O)CNC(=O)CNC(=O)C1COC(CN2C(=O)CCC2=O)O1. The van der Waals surface area contributed by atoms with Crippen molar-refractivity contribution in [2.45, 2.75) is 37.7 Å². The average molecular weight is 628 g/mol. The Balaban J connectivity index is 1.39. The number of rotatable bonds is 17. The summed E-state index contributed by atoms with van der Waals surface area (Å²) in [5, 5.41) is 11.9. The Bertz CT molecular complexity index is 1260. The smallest absolute Gasteiger partial charge is 0.252 e. The summed E-state index contributed by atoms with van der Waals surface area (Å²) in [4.78, 5) is 97.1. The van der Waals surface area contributed by atoms with Gasteiger partial charge in [0.1, 0.15) is 18.5 Å². The van der Waals surface area contributed by atoms with Gasteiger partial charge in [-0.1, -0.05) is 30.3 Å². The molecule has 2 aliphatic rings. The van der Waals surface area contributed by atoms with E-state index >= 15 is 0 Å². The number of ether oxygens (including phenoxy) is 3. The van der Waals surface area contributed by atoms with Gasteiger partial charge in [-0.3, -0.25) is 38.5 Å². The highest BCUT2D eigenvalue weighted by Crippen LogP contribution is 2.18. The normalized spacial score (nSPS) is 18.2. The van der Waals surface area contributed by atoms with E-state index in [2.05, 4.69) is 26.6 Å². The molecule has 17 nitrogen and oxygen atoms in total. The minimum absolute atomic E-state index is 0.0797. The van der Waals surface area contributed by atoms with Crippen molar-refractivity contribution in [3.8, 4) is 0 Å². The zero-order valence-corrected chi connectivity index (χ0v) is 24.2. The minimum atomic E-state index is -1.10. The van der Waals surface area contributed by atoms with Crippen LogP contribution in [0.15, 0.2) is 30.3 Å². The number of nitrogens with zero attached hydrogens (tertiary/aromatic N) is 1. The highest BCUT2D eigenvalue weighted by molar-refractivity contribution is 6.58. The van der Waals surface area contributed by atoms with Gasteiger partial charge in [0.2, 0.25) is 35.4 Å². The first-order valence-electron chi connectivity index (χ1n) is 13.9. The number of carbonyl (C=O) groups excluding carboxylic acids is 8. The number of carbonyl (C=O) groups is 8. The Labute approximate surface area is 258 Å². The maximum absolute atomic E-state index is 12.8. The van der Waals surface area contributed by atoms with Gasteiger partial charge in [0.15, 0.2) is 20.2 Å². The summed E-state index contributed by atoms with van der Waals surface area (Å²) in [7, 11) is 4.93. The largest absolute Gasteiger partial charge is 0.355 e. The number of imide groups is 1. The van der Waals surface area contributed by atoms with Crippen LogP contribution < -0.4 is 26.6 Å². The predicted molar refractivity (Wildman–Crippen MR) is 151 cm³/mol. The number of hydrogen-bond acceptors (Lipinski definition) is 11. The molecule has 0 spiro atoms. The Morgan fingerprint density at radius 1 is 0.889 bits per heavy atom. The summed E-state index contributed by atoms with van der Waals surface area (Å²) in [6, 6.07) is 7.66. The third-order valence-electron chi connectivity index (χ3n) is 6.37. The summed E-state index contributed by atoms with van der Waals surface area (Å²) in [6.45, 7) is -2.43. The molecule has 0 aliphatic carbocycles. The summed E-state index contributed by atoms with van der Waals surface area (Å²) in [5.74, 6) is -4.07. The number of hydrogen-bond donors (Lipinski definition) is 5. The van der Waals surface area contributed by atoms with Crippen LogP contribution >= 0.6 is 0 Å². The van der Waals surface area contributed by atoms with Gasteiger partial charge in [0, 0.05) is 19.3 Å². The maximum atomic E-state index is 12.8. The first-order chi connectivity index (χ1) is 21.5. The number of likely N-dealkylation sites (tertiary alicyclic amines) is 1. The van der Waals surface area contributed by atoms with E-state index in [4.69, 9.17) is 22.1 Å². The van der Waals surface area contributed by atoms with E-state index in [1.54, 1.807) is 30.3 Å². The molecule has 2 heterocycles. The van der Waals surface area contributed by atoms with E-state index in [0.29, 0.717) is 5.56 Å². The number of amides is 7. The molecule has 45 heavy (non-hydrogen) atoms. The monoisotopic (exact) mass is 628 g/mol. The van der Waals surface area contributed by atoms with Crippen molar-refractivity contribution in [3.63, 3.8) is 0 Å². The van der Waals surface area contributed by atoms with Gasteiger partial charge in [0.05, 0.1) is 39.4 Å². The van der Waals surface area contributed by atoms with Gasteiger partial charge in [-0.05, 0) is 5.56 Å². The first-order valence-corrected chi connectivity index (χ1v) is 13.9. The molecule has 3 rings (SSSR count). The number of benzene rings is 1. The zero-order chi connectivity index (χ0) is 32.8. The Morgan fingerprint density at radius 3 is 2.22 bits per heavy atom. The van der Waals surface area contributed by atoms with Crippen LogP contribution in [0.3, 0.4) is 0 Å². The molecule has 3 atom stereocenters. The quantitative estimate of drug-likeness (QED) is 0.0480. The molecule has 5 N–H and O–H groups in total. The molecule has 0 bridgehead atoms. The molecule has 0 saturated carbocycles. The van der Waals surface area contributed by atoms with Crippen LogP contribution in [-0.4, -0.2) is 124 Å². The summed E-state index contributed by atoms with van der Waals surface area (Å²) >= 11 is 0. The molecule has 2 radical (unpaired) electrons. The van der Waals surface area contributed by atoms with Crippen LogP contribution in [0.2, 0.25) is 0 Å². The Morgan fingerprint density at radius 2 is 1.53 bits per heavy atom. The van der Waals surface area contributed by atoms with Gasteiger partial charge in [-0.25, -0.2) is 0 Å². The molecular formula is C27H33BN6O11. The molecule has 1 aromatic rings. The van der Waals surface area contributed by atoms with E-state index < -0.39 is 79.9 Å². The fourth-order valence-corrected chi connectivity index (χ4v) is 4.13. The molecule has 1 aromatic carbocycles. The average Bonchev–Trinajstić information content (AvgIpc) is 3.62. The molecular weight excluding hydrogens is 595 g/mol. The van der Waals surface area contributed by atoms with Crippen molar-refractivity contribution in [2.75, 3.05) is 46.1 Å². The van der Waals surface area contributed by atoms with Crippen molar-refractivity contribution >= 4 is 54.9 Å². The second kappa shape index (κ2) is 17.6. The molecule has 0 aromatic heterocycles. The van der Waals surface area contributed by atoms with Gasteiger partial charge < -0.3 is 45.6 Å². The molecule has 2 unspecified atom stereocenters. The van der Waals surface area contributed by atoms with Crippen LogP contribution in [0, 0.1) is 0 Å². The molecule has 7 amide bonds.